The Morgan fingerprint density at radius 3 is 2.12 bits per heavy atom. The summed E-state index contributed by atoms with van der Waals surface area (Å²) in [5.41, 5.74) is 3.70. The Morgan fingerprint density at radius 1 is 0.923 bits per heavy atom. The van der Waals surface area contributed by atoms with Crippen molar-refractivity contribution in [3.8, 4) is 10.4 Å². The van der Waals surface area contributed by atoms with Crippen LogP contribution in [0.4, 0.5) is 11.4 Å². The van der Waals surface area contributed by atoms with Gasteiger partial charge in [0.15, 0.2) is 0 Å². The van der Waals surface area contributed by atoms with E-state index in [0.717, 1.165) is 16.9 Å². The van der Waals surface area contributed by atoms with Crippen LogP contribution in [-0.2, 0) is 11.2 Å². The molecule has 2 N–H and O–H groups in total. The SMILES string of the molecule is CCc1cc(C(=O)Nc2ccc(NC(C)=O)cc2)sc1-c1ccccc1. The van der Waals surface area contributed by atoms with E-state index >= 15 is 0 Å². The number of carbonyl (C=O) groups is 2. The second kappa shape index (κ2) is 7.97. The lowest BCUT2D eigenvalue weighted by molar-refractivity contribution is -0.114. The minimum Gasteiger partial charge on any atom is -0.326 e. The van der Waals surface area contributed by atoms with Crippen molar-refractivity contribution in [1.82, 2.24) is 0 Å². The lowest BCUT2D eigenvalue weighted by atomic mass is 10.1. The van der Waals surface area contributed by atoms with Crippen LogP contribution in [0.25, 0.3) is 10.4 Å². The zero-order chi connectivity index (χ0) is 18.5. The largest absolute Gasteiger partial charge is 0.326 e. The lowest BCUT2D eigenvalue weighted by Gasteiger charge is -2.06. The highest BCUT2D eigenvalue weighted by molar-refractivity contribution is 7.17. The minimum atomic E-state index is -0.126. The van der Waals surface area contributed by atoms with E-state index in [9.17, 15) is 9.59 Å². The summed E-state index contributed by atoms with van der Waals surface area (Å²) in [5.74, 6) is -0.250. The topological polar surface area (TPSA) is 58.2 Å². The molecule has 4 nitrogen and oxygen atoms in total. The van der Waals surface area contributed by atoms with Gasteiger partial charge in [-0.15, -0.1) is 11.3 Å². The van der Waals surface area contributed by atoms with Crippen molar-refractivity contribution < 1.29 is 9.59 Å². The first-order valence-corrected chi connectivity index (χ1v) is 9.25. The molecule has 1 aromatic heterocycles. The van der Waals surface area contributed by atoms with Crippen LogP contribution in [0, 0.1) is 0 Å². The van der Waals surface area contributed by atoms with Crippen LogP contribution < -0.4 is 10.6 Å². The van der Waals surface area contributed by atoms with E-state index in [0.29, 0.717) is 16.3 Å². The van der Waals surface area contributed by atoms with Gasteiger partial charge in [0.2, 0.25) is 5.91 Å². The van der Waals surface area contributed by atoms with Gasteiger partial charge in [-0.1, -0.05) is 37.3 Å². The summed E-state index contributed by atoms with van der Waals surface area (Å²) in [6.07, 6.45) is 0.874. The van der Waals surface area contributed by atoms with E-state index in [-0.39, 0.29) is 11.8 Å². The molecule has 0 atom stereocenters. The predicted octanol–water partition coefficient (Wildman–Crippen LogP) is 5.19. The smallest absolute Gasteiger partial charge is 0.265 e. The third kappa shape index (κ3) is 4.18. The van der Waals surface area contributed by atoms with E-state index in [4.69, 9.17) is 0 Å². The third-order valence-electron chi connectivity index (χ3n) is 3.91. The molecule has 0 saturated heterocycles. The molecule has 0 spiro atoms. The number of rotatable bonds is 5. The van der Waals surface area contributed by atoms with Gasteiger partial charge in [-0.25, -0.2) is 0 Å². The van der Waals surface area contributed by atoms with Gasteiger partial charge in [0.05, 0.1) is 4.88 Å². The maximum absolute atomic E-state index is 12.6. The van der Waals surface area contributed by atoms with Crippen molar-refractivity contribution >= 4 is 34.5 Å². The number of aryl methyl sites for hydroxylation is 1. The maximum atomic E-state index is 12.6. The molecule has 1 heterocycles. The highest BCUT2D eigenvalue weighted by Gasteiger charge is 2.15. The molecule has 0 aliphatic heterocycles. The van der Waals surface area contributed by atoms with Gasteiger partial charge in [0, 0.05) is 23.2 Å². The third-order valence-corrected chi connectivity index (χ3v) is 5.14. The molecule has 0 fully saturated rings. The number of carbonyl (C=O) groups excluding carboxylic acids is 2. The van der Waals surface area contributed by atoms with Crippen LogP contribution in [0.5, 0.6) is 0 Å². The van der Waals surface area contributed by atoms with Crippen molar-refractivity contribution in [2.24, 2.45) is 0 Å². The summed E-state index contributed by atoms with van der Waals surface area (Å²) in [6.45, 7) is 3.55. The van der Waals surface area contributed by atoms with E-state index in [1.165, 1.54) is 23.8 Å². The van der Waals surface area contributed by atoms with Crippen molar-refractivity contribution in [2.45, 2.75) is 20.3 Å². The van der Waals surface area contributed by atoms with Crippen LogP contribution in [-0.4, -0.2) is 11.8 Å². The van der Waals surface area contributed by atoms with Gasteiger partial charge in [0.1, 0.15) is 0 Å². The molecule has 0 unspecified atom stereocenters. The van der Waals surface area contributed by atoms with Crippen LogP contribution in [0.3, 0.4) is 0 Å². The summed E-state index contributed by atoms with van der Waals surface area (Å²) < 4.78 is 0. The number of anilines is 2. The number of nitrogens with one attached hydrogen (secondary N) is 2. The van der Waals surface area contributed by atoms with Gasteiger partial charge in [-0.05, 0) is 47.9 Å². The molecule has 0 radical (unpaired) electrons. The van der Waals surface area contributed by atoms with E-state index in [2.05, 4.69) is 29.7 Å². The predicted molar refractivity (Wildman–Crippen MR) is 108 cm³/mol. The molecule has 2 aromatic carbocycles. The maximum Gasteiger partial charge on any atom is 0.265 e. The van der Waals surface area contributed by atoms with E-state index < -0.39 is 0 Å². The minimum absolute atomic E-state index is 0.124. The van der Waals surface area contributed by atoms with Crippen molar-refractivity contribution in [3.05, 3.63) is 71.1 Å². The molecule has 0 saturated carbocycles. The zero-order valence-electron chi connectivity index (χ0n) is 14.7. The molecule has 5 heteroatoms. The van der Waals surface area contributed by atoms with Gasteiger partial charge in [0.25, 0.3) is 5.91 Å². The Morgan fingerprint density at radius 2 is 1.54 bits per heavy atom. The summed E-state index contributed by atoms with van der Waals surface area (Å²) in [7, 11) is 0. The van der Waals surface area contributed by atoms with Crippen LogP contribution in [0.1, 0.15) is 29.1 Å². The molecule has 0 bridgehead atoms. The van der Waals surface area contributed by atoms with Gasteiger partial charge >= 0.3 is 0 Å². The van der Waals surface area contributed by atoms with Crippen molar-refractivity contribution in [1.29, 1.82) is 0 Å². The second-order valence-corrected chi connectivity index (χ2v) is 6.95. The Labute approximate surface area is 156 Å². The Bertz CT molecular complexity index is 915. The number of thiophene rings is 1. The zero-order valence-corrected chi connectivity index (χ0v) is 15.5. The Hall–Kier alpha value is -2.92. The molecule has 3 aromatic rings. The van der Waals surface area contributed by atoms with E-state index in [1.54, 1.807) is 24.3 Å². The molecular weight excluding hydrogens is 344 g/mol. The van der Waals surface area contributed by atoms with Gasteiger partial charge < -0.3 is 10.6 Å². The summed E-state index contributed by atoms with van der Waals surface area (Å²) in [4.78, 5) is 25.5. The summed E-state index contributed by atoms with van der Waals surface area (Å²) in [6, 6.07) is 19.2. The monoisotopic (exact) mass is 364 g/mol. The second-order valence-electron chi connectivity index (χ2n) is 5.90. The molecule has 132 valence electrons. The van der Waals surface area contributed by atoms with Crippen molar-refractivity contribution in [2.75, 3.05) is 10.6 Å². The molecule has 0 aliphatic carbocycles. The molecule has 26 heavy (non-hydrogen) atoms. The number of hydrogen-bond donors (Lipinski definition) is 2. The first-order chi connectivity index (χ1) is 12.6. The van der Waals surface area contributed by atoms with Crippen LogP contribution in [0.15, 0.2) is 60.7 Å². The lowest BCUT2D eigenvalue weighted by Crippen LogP contribution is -2.10. The molecule has 2 amide bonds. The fourth-order valence-corrected chi connectivity index (χ4v) is 3.82. The quantitative estimate of drug-likeness (QED) is 0.655. The van der Waals surface area contributed by atoms with Gasteiger partial charge in [-0.3, -0.25) is 9.59 Å². The van der Waals surface area contributed by atoms with Gasteiger partial charge in [-0.2, -0.15) is 0 Å². The molecular formula is C21H20N2O2S. The first kappa shape index (κ1) is 17.9. The summed E-state index contributed by atoms with van der Waals surface area (Å²) in [5, 5.41) is 5.62. The highest BCUT2D eigenvalue weighted by Crippen LogP contribution is 2.33. The standard InChI is InChI=1S/C21H20N2O2S/c1-3-15-13-19(26-20(15)16-7-5-4-6-8-16)21(25)23-18-11-9-17(10-12-18)22-14(2)24/h4-13H,3H2,1-2H3,(H,22,24)(H,23,25). The fraction of sp³-hybridized carbons (Fsp3) is 0.143. The average molecular weight is 364 g/mol. The number of benzene rings is 2. The fourth-order valence-electron chi connectivity index (χ4n) is 2.67. The number of amides is 2. The first-order valence-electron chi connectivity index (χ1n) is 8.44. The van der Waals surface area contributed by atoms with Crippen LogP contribution >= 0.6 is 11.3 Å². The number of hydrogen-bond acceptors (Lipinski definition) is 3. The van der Waals surface area contributed by atoms with Crippen molar-refractivity contribution in [3.63, 3.8) is 0 Å². The highest BCUT2D eigenvalue weighted by atomic mass is 32.1. The normalized spacial score (nSPS) is 10.4. The van der Waals surface area contributed by atoms with Crippen LogP contribution in [0.2, 0.25) is 0 Å². The molecule has 0 aliphatic rings. The summed E-state index contributed by atoms with van der Waals surface area (Å²) >= 11 is 1.51. The average Bonchev–Trinajstić information content (AvgIpc) is 3.08. The van der Waals surface area contributed by atoms with E-state index in [1.807, 2.05) is 24.3 Å². The molecule has 3 rings (SSSR count). The Balaban J connectivity index is 1.78. The Kier molecular flexibility index (Phi) is 5.49.